The van der Waals surface area contributed by atoms with Crippen LogP contribution >= 0.6 is 0 Å². The predicted molar refractivity (Wildman–Crippen MR) is 200 cm³/mol. The summed E-state index contributed by atoms with van der Waals surface area (Å²) in [6, 6.07) is 56.0. The zero-order valence-electron chi connectivity index (χ0n) is 26.6. The molecular formula is C45H39N. The minimum atomic E-state index is 0.959. The second-order valence-corrected chi connectivity index (χ2v) is 11.4. The summed E-state index contributed by atoms with van der Waals surface area (Å²) >= 11 is 0. The van der Waals surface area contributed by atoms with Gasteiger partial charge < -0.3 is 4.90 Å². The van der Waals surface area contributed by atoms with Gasteiger partial charge in [-0.05, 0) is 88.2 Å². The fourth-order valence-corrected chi connectivity index (χ4v) is 5.82. The van der Waals surface area contributed by atoms with Gasteiger partial charge in [-0.3, -0.25) is 0 Å². The van der Waals surface area contributed by atoms with Crippen molar-refractivity contribution in [1.82, 2.24) is 0 Å². The van der Waals surface area contributed by atoms with Gasteiger partial charge in [0.15, 0.2) is 0 Å². The Bertz CT molecular complexity index is 1890. The number of aryl methyl sites for hydroxylation is 2. The van der Waals surface area contributed by atoms with E-state index in [9.17, 15) is 0 Å². The molecule has 1 heteroatoms. The van der Waals surface area contributed by atoms with Crippen molar-refractivity contribution in [2.45, 2.75) is 20.3 Å². The first-order valence-electron chi connectivity index (χ1n) is 16.0. The van der Waals surface area contributed by atoms with Crippen LogP contribution in [0.15, 0.2) is 170 Å². The Morgan fingerprint density at radius 2 is 0.978 bits per heavy atom. The Morgan fingerprint density at radius 1 is 0.500 bits per heavy atom. The molecule has 0 aliphatic carbocycles. The maximum absolute atomic E-state index is 2.40. The summed E-state index contributed by atoms with van der Waals surface area (Å²) in [5.74, 6) is 0. The van der Waals surface area contributed by atoms with Crippen molar-refractivity contribution in [1.29, 1.82) is 0 Å². The molecule has 0 spiro atoms. The zero-order valence-corrected chi connectivity index (χ0v) is 26.6. The fourth-order valence-electron chi connectivity index (χ4n) is 5.82. The predicted octanol–water partition coefficient (Wildman–Crippen LogP) is 12.3. The van der Waals surface area contributed by atoms with Crippen LogP contribution in [-0.4, -0.2) is 0 Å². The summed E-state index contributed by atoms with van der Waals surface area (Å²) in [5.41, 5.74) is 13.2. The molecule has 0 bridgehead atoms. The van der Waals surface area contributed by atoms with Gasteiger partial charge in [0.2, 0.25) is 0 Å². The van der Waals surface area contributed by atoms with Crippen molar-refractivity contribution < 1.29 is 0 Å². The molecule has 224 valence electrons. The van der Waals surface area contributed by atoms with E-state index in [1.54, 1.807) is 0 Å². The van der Waals surface area contributed by atoms with E-state index < -0.39 is 0 Å². The summed E-state index contributed by atoms with van der Waals surface area (Å²) in [6.07, 6.45) is 11.7. The standard InChI is InChI=1S/C45H39N/c1-3-39-25-15-16-35(2)45(39)46(42-30-26-37(27-31-42)20-14-13-19-36-17-7-4-8-18-36)43-32-28-38(29-33-43)34-44(40-21-9-5-10-22-40)41-23-11-6-12-24-41/h4-34H,3H2,1-2H3/b19-13+,20-14+. The Morgan fingerprint density at radius 3 is 1.50 bits per heavy atom. The molecule has 6 aromatic rings. The fraction of sp³-hybridized carbons (Fsp3) is 0.0667. The smallest absolute Gasteiger partial charge is 0.0522 e. The number of benzene rings is 6. The molecule has 1 nitrogen and oxygen atoms in total. The summed E-state index contributed by atoms with van der Waals surface area (Å²) in [5, 5.41) is 0. The molecule has 0 atom stereocenters. The van der Waals surface area contributed by atoms with Crippen LogP contribution in [0.1, 0.15) is 45.9 Å². The van der Waals surface area contributed by atoms with Crippen LogP contribution in [0.4, 0.5) is 17.1 Å². The third-order valence-corrected chi connectivity index (χ3v) is 8.20. The molecule has 0 fully saturated rings. The van der Waals surface area contributed by atoms with Crippen molar-refractivity contribution in [2.24, 2.45) is 0 Å². The van der Waals surface area contributed by atoms with Gasteiger partial charge in [0, 0.05) is 11.4 Å². The van der Waals surface area contributed by atoms with Crippen LogP contribution in [0.2, 0.25) is 0 Å². The molecule has 0 unspecified atom stereocenters. The molecule has 0 aliphatic rings. The van der Waals surface area contributed by atoms with Crippen molar-refractivity contribution in [3.8, 4) is 0 Å². The van der Waals surface area contributed by atoms with E-state index in [0.717, 1.165) is 28.9 Å². The minimum Gasteiger partial charge on any atom is -0.310 e. The van der Waals surface area contributed by atoms with Gasteiger partial charge in [-0.1, -0.05) is 165 Å². The van der Waals surface area contributed by atoms with E-state index in [2.05, 4.69) is 201 Å². The summed E-state index contributed by atoms with van der Waals surface area (Å²) in [4.78, 5) is 2.40. The molecule has 0 heterocycles. The molecule has 46 heavy (non-hydrogen) atoms. The Balaban J connectivity index is 1.34. The van der Waals surface area contributed by atoms with Gasteiger partial charge >= 0.3 is 0 Å². The Kier molecular flexibility index (Phi) is 9.82. The Labute approximate surface area is 274 Å². The van der Waals surface area contributed by atoms with Crippen LogP contribution in [-0.2, 0) is 6.42 Å². The molecule has 6 aromatic carbocycles. The topological polar surface area (TPSA) is 3.24 Å². The van der Waals surface area contributed by atoms with Crippen LogP contribution in [0.5, 0.6) is 0 Å². The molecule has 0 saturated carbocycles. The van der Waals surface area contributed by atoms with Crippen molar-refractivity contribution in [2.75, 3.05) is 4.90 Å². The van der Waals surface area contributed by atoms with E-state index in [-0.39, 0.29) is 0 Å². The van der Waals surface area contributed by atoms with Gasteiger partial charge in [-0.25, -0.2) is 0 Å². The van der Waals surface area contributed by atoms with Crippen LogP contribution in [0.25, 0.3) is 23.8 Å². The van der Waals surface area contributed by atoms with Gasteiger partial charge in [0.1, 0.15) is 0 Å². The monoisotopic (exact) mass is 593 g/mol. The third-order valence-electron chi connectivity index (χ3n) is 8.20. The van der Waals surface area contributed by atoms with E-state index in [1.165, 1.54) is 39.1 Å². The third kappa shape index (κ3) is 7.34. The first-order valence-corrected chi connectivity index (χ1v) is 16.0. The van der Waals surface area contributed by atoms with E-state index in [4.69, 9.17) is 0 Å². The number of nitrogens with zero attached hydrogens (tertiary/aromatic N) is 1. The summed E-state index contributed by atoms with van der Waals surface area (Å²) in [6.45, 7) is 4.44. The van der Waals surface area contributed by atoms with Crippen molar-refractivity contribution in [3.05, 3.63) is 209 Å². The average Bonchev–Trinajstić information content (AvgIpc) is 3.12. The lowest BCUT2D eigenvalue weighted by Crippen LogP contribution is -2.13. The van der Waals surface area contributed by atoms with Crippen LogP contribution < -0.4 is 4.90 Å². The van der Waals surface area contributed by atoms with E-state index >= 15 is 0 Å². The quantitative estimate of drug-likeness (QED) is 0.113. The molecule has 0 amide bonds. The maximum Gasteiger partial charge on any atom is 0.0522 e. The molecule has 6 rings (SSSR count). The van der Waals surface area contributed by atoms with Crippen molar-refractivity contribution in [3.63, 3.8) is 0 Å². The largest absolute Gasteiger partial charge is 0.310 e. The second kappa shape index (κ2) is 14.9. The van der Waals surface area contributed by atoms with Crippen molar-refractivity contribution >= 4 is 40.9 Å². The summed E-state index contributed by atoms with van der Waals surface area (Å²) < 4.78 is 0. The van der Waals surface area contributed by atoms with E-state index in [0.29, 0.717) is 0 Å². The highest BCUT2D eigenvalue weighted by atomic mass is 15.1. The zero-order chi connectivity index (χ0) is 31.6. The number of hydrogen-bond acceptors (Lipinski definition) is 1. The van der Waals surface area contributed by atoms with Gasteiger partial charge in [0.05, 0.1) is 5.69 Å². The lowest BCUT2D eigenvalue weighted by atomic mass is 9.95. The second-order valence-electron chi connectivity index (χ2n) is 11.4. The SMILES string of the molecule is CCc1cccc(C)c1N(c1ccc(C=C(c2ccccc2)c2ccccc2)cc1)c1ccc(/C=C/C=C/c2ccccc2)cc1. The minimum absolute atomic E-state index is 0.959. The average molecular weight is 594 g/mol. The molecule has 0 aliphatic heterocycles. The lowest BCUT2D eigenvalue weighted by molar-refractivity contribution is 1.10. The number of para-hydroxylation sites is 1. The summed E-state index contributed by atoms with van der Waals surface area (Å²) in [7, 11) is 0. The number of anilines is 3. The molecule has 0 N–H and O–H groups in total. The van der Waals surface area contributed by atoms with E-state index in [1.807, 2.05) is 6.07 Å². The highest BCUT2D eigenvalue weighted by Gasteiger charge is 2.17. The number of allylic oxidation sites excluding steroid dienone is 2. The highest BCUT2D eigenvalue weighted by Crippen LogP contribution is 2.39. The maximum atomic E-state index is 2.40. The normalized spacial score (nSPS) is 11.2. The molecule has 0 aromatic heterocycles. The lowest BCUT2D eigenvalue weighted by Gasteiger charge is -2.29. The Hall–Kier alpha value is -5.66. The van der Waals surface area contributed by atoms with Gasteiger partial charge in [-0.15, -0.1) is 0 Å². The van der Waals surface area contributed by atoms with Gasteiger partial charge in [-0.2, -0.15) is 0 Å². The first-order chi connectivity index (χ1) is 22.7. The molecule has 0 saturated heterocycles. The number of hydrogen-bond donors (Lipinski definition) is 0. The molecular weight excluding hydrogens is 555 g/mol. The van der Waals surface area contributed by atoms with Gasteiger partial charge in [0.25, 0.3) is 0 Å². The van der Waals surface area contributed by atoms with Crippen LogP contribution in [0.3, 0.4) is 0 Å². The highest BCUT2D eigenvalue weighted by molar-refractivity contribution is 5.92. The first kappa shape index (κ1) is 30.4. The van der Waals surface area contributed by atoms with Crippen LogP contribution in [0, 0.1) is 6.92 Å². The number of rotatable bonds is 10. The molecule has 0 radical (unpaired) electrons.